The Morgan fingerprint density at radius 2 is 1.43 bits per heavy atom. The van der Waals surface area contributed by atoms with E-state index in [-0.39, 0.29) is 17.4 Å². The van der Waals surface area contributed by atoms with Gasteiger partial charge in [0.25, 0.3) is 0 Å². The summed E-state index contributed by atoms with van der Waals surface area (Å²) in [6.07, 6.45) is 17.4. The van der Waals surface area contributed by atoms with Crippen molar-refractivity contribution in [1.82, 2.24) is 4.98 Å². The van der Waals surface area contributed by atoms with Crippen LogP contribution in [0.3, 0.4) is 0 Å². The summed E-state index contributed by atoms with van der Waals surface area (Å²) in [5.74, 6) is 0.172. The molecule has 1 atom stereocenters. The van der Waals surface area contributed by atoms with E-state index in [1.807, 2.05) is 11.3 Å². The molecule has 3 heteroatoms. The highest BCUT2D eigenvalue weighted by atomic mass is 32.1. The van der Waals surface area contributed by atoms with E-state index in [9.17, 15) is 0 Å². The zero-order chi connectivity index (χ0) is 36.0. The normalized spacial score (nSPS) is 17.9. The van der Waals surface area contributed by atoms with E-state index in [1.54, 1.807) is 0 Å². The number of aliphatic imine (C=N–C) groups is 1. The van der Waals surface area contributed by atoms with Crippen LogP contribution in [0.4, 0.5) is 0 Å². The fourth-order valence-electron chi connectivity index (χ4n) is 9.36. The summed E-state index contributed by atoms with van der Waals surface area (Å²) in [7, 11) is 0. The lowest BCUT2D eigenvalue weighted by molar-refractivity contribution is 0.660. The maximum absolute atomic E-state index is 5.44. The van der Waals surface area contributed by atoms with Crippen LogP contribution in [0.1, 0.15) is 59.8 Å². The van der Waals surface area contributed by atoms with Gasteiger partial charge in [-0.1, -0.05) is 147 Å². The zero-order valence-corrected chi connectivity index (χ0v) is 31.2. The fourth-order valence-corrected chi connectivity index (χ4v) is 10.6. The molecule has 0 fully saturated rings. The number of dihydropyridines is 1. The maximum Gasteiger partial charge on any atom is 0.0894 e. The number of pyridine rings is 1. The first-order chi connectivity index (χ1) is 26.5. The standard InChI is InChI=1S/C51H38N2S/c1-51(2)42-19-9-7-15-37(42)41-28-34(26-27-43(41)51)31-22-24-33(25-23-31)46-30-35(29-45(52-46)32-12-3-4-13-32)36-14-5-6-16-38(36)49-50-48(39-18-11-20-44(39)53-49)40-17-8-10-21-47(40)54-50/h3-17,19-29,32,46H,18,30H2,1-2H3. The summed E-state index contributed by atoms with van der Waals surface area (Å²) in [6, 6.07) is 42.8. The van der Waals surface area contributed by atoms with Gasteiger partial charge in [-0.25, -0.2) is 4.98 Å². The number of aromatic nitrogens is 1. The number of rotatable bonds is 5. The Kier molecular flexibility index (Phi) is 7.06. The number of hydrogen-bond acceptors (Lipinski definition) is 3. The summed E-state index contributed by atoms with van der Waals surface area (Å²) >= 11 is 1.87. The minimum atomic E-state index is 0.00999. The fraction of sp³-hybridized carbons (Fsp3) is 0.137. The van der Waals surface area contributed by atoms with Crippen molar-refractivity contribution in [3.8, 4) is 33.5 Å². The third kappa shape index (κ3) is 4.85. The van der Waals surface area contributed by atoms with Gasteiger partial charge in [-0.05, 0) is 92.8 Å². The Labute approximate surface area is 320 Å². The highest BCUT2D eigenvalue weighted by molar-refractivity contribution is 7.26. The molecule has 1 unspecified atom stereocenters. The van der Waals surface area contributed by atoms with Crippen LogP contribution in [0.25, 0.3) is 65.3 Å². The molecule has 4 aliphatic rings. The molecule has 258 valence electrons. The molecular weight excluding hydrogens is 673 g/mol. The molecule has 54 heavy (non-hydrogen) atoms. The zero-order valence-electron chi connectivity index (χ0n) is 30.4. The van der Waals surface area contributed by atoms with Crippen LogP contribution in [0.2, 0.25) is 0 Å². The van der Waals surface area contributed by atoms with Gasteiger partial charge in [0.15, 0.2) is 0 Å². The van der Waals surface area contributed by atoms with Crippen LogP contribution < -0.4 is 0 Å². The first-order valence-corrected chi connectivity index (χ1v) is 19.9. The van der Waals surface area contributed by atoms with Gasteiger partial charge in [0.2, 0.25) is 0 Å². The Hall–Kier alpha value is -5.90. The molecule has 0 spiro atoms. The van der Waals surface area contributed by atoms with E-state index in [1.165, 1.54) is 81.4 Å². The molecule has 7 aromatic rings. The second-order valence-corrected chi connectivity index (χ2v) is 16.6. The molecule has 0 saturated carbocycles. The Bertz CT molecular complexity index is 2840. The molecular formula is C51H38N2S. The highest BCUT2D eigenvalue weighted by Gasteiger charge is 2.35. The van der Waals surface area contributed by atoms with Crippen molar-refractivity contribution in [2.75, 3.05) is 0 Å². The van der Waals surface area contributed by atoms with Gasteiger partial charge in [-0.15, -0.1) is 11.3 Å². The second-order valence-electron chi connectivity index (χ2n) is 15.6. The molecule has 2 nitrogen and oxygen atoms in total. The van der Waals surface area contributed by atoms with Crippen molar-refractivity contribution < 1.29 is 0 Å². The maximum atomic E-state index is 5.44. The van der Waals surface area contributed by atoms with Crippen molar-refractivity contribution in [2.45, 2.75) is 38.1 Å². The van der Waals surface area contributed by atoms with E-state index in [4.69, 9.17) is 9.98 Å². The summed E-state index contributed by atoms with van der Waals surface area (Å²) < 4.78 is 2.60. The van der Waals surface area contributed by atoms with E-state index >= 15 is 0 Å². The number of nitrogens with zero attached hydrogens (tertiary/aromatic N) is 2. The smallest absolute Gasteiger partial charge is 0.0894 e. The largest absolute Gasteiger partial charge is 0.280 e. The molecule has 3 aliphatic carbocycles. The van der Waals surface area contributed by atoms with Crippen molar-refractivity contribution in [2.24, 2.45) is 10.9 Å². The van der Waals surface area contributed by atoms with E-state index in [0.29, 0.717) is 0 Å². The highest BCUT2D eigenvalue weighted by Crippen LogP contribution is 2.50. The summed E-state index contributed by atoms with van der Waals surface area (Å²) in [5.41, 5.74) is 17.7. The molecule has 0 N–H and O–H groups in total. The summed E-state index contributed by atoms with van der Waals surface area (Å²) in [4.78, 5) is 10.8. The van der Waals surface area contributed by atoms with E-state index < -0.39 is 0 Å². The molecule has 0 saturated heterocycles. The number of allylic oxidation sites excluding steroid dienone is 6. The van der Waals surface area contributed by atoms with Gasteiger partial charge < -0.3 is 0 Å². The molecule has 11 rings (SSSR count). The van der Waals surface area contributed by atoms with Crippen molar-refractivity contribution >= 4 is 48.9 Å². The third-order valence-electron chi connectivity index (χ3n) is 12.1. The van der Waals surface area contributed by atoms with Crippen LogP contribution in [-0.2, 0) is 11.8 Å². The molecule has 2 aromatic heterocycles. The van der Waals surface area contributed by atoms with Gasteiger partial charge in [-0.2, -0.15) is 0 Å². The van der Waals surface area contributed by atoms with Crippen LogP contribution in [0.15, 0.2) is 157 Å². The molecule has 0 radical (unpaired) electrons. The third-order valence-corrected chi connectivity index (χ3v) is 13.3. The lowest BCUT2D eigenvalue weighted by Crippen LogP contribution is -2.15. The first kappa shape index (κ1) is 31.6. The van der Waals surface area contributed by atoms with E-state index in [0.717, 1.165) is 29.9 Å². The number of benzene rings is 5. The lowest BCUT2D eigenvalue weighted by atomic mass is 9.82. The summed E-state index contributed by atoms with van der Waals surface area (Å²) in [6.45, 7) is 4.68. The van der Waals surface area contributed by atoms with E-state index in [2.05, 4.69) is 172 Å². The number of thiophene rings is 1. The molecule has 1 aliphatic heterocycles. The van der Waals surface area contributed by atoms with Crippen molar-refractivity contribution in [1.29, 1.82) is 0 Å². The number of fused-ring (bicyclic) bond motifs is 8. The van der Waals surface area contributed by atoms with Crippen LogP contribution in [-0.4, -0.2) is 10.7 Å². The minimum absolute atomic E-state index is 0.00999. The van der Waals surface area contributed by atoms with Gasteiger partial charge in [0, 0.05) is 38.1 Å². The minimum Gasteiger partial charge on any atom is -0.280 e. The molecule has 0 bridgehead atoms. The van der Waals surface area contributed by atoms with Gasteiger partial charge in [-0.3, -0.25) is 4.99 Å². The average molecular weight is 711 g/mol. The first-order valence-electron chi connectivity index (χ1n) is 19.1. The molecule has 5 aromatic carbocycles. The quantitative estimate of drug-likeness (QED) is 0.175. The SMILES string of the molecule is CC1(C)c2ccccc2-c2cc(-c3ccc(C4CC(c5ccccc5-c5nc6c(c7c5sc5ccccc57)CC=C6)=CC(C5C=CC=C5)=N4)cc3)ccc21. The predicted molar refractivity (Wildman–Crippen MR) is 229 cm³/mol. The molecule has 0 amide bonds. The Morgan fingerprint density at radius 3 is 2.28 bits per heavy atom. The van der Waals surface area contributed by atoms with Crippen LogP contribution in [0.5, 0.6) is 0 Å². The van der Waals surface area contributed by atoms with Crippen LogP contribution in [0, 0.1) is 5.92 Å². The number of hydrogen-bond donors (Lipinski definition) is 0. The van der Waals surface area contributed by atoms with Gasteiger partial charge in [0.1, 0.15) is 0 Å². The Morgan fingerprint density at radius 1 is 0.704 bits per heavy atom. The topological polar surface area (TPSA) is 25.2 Å². The van der Waals surface area contributed by atoms with Gasteiger partial charge in [0.05, 0.1) is 22.1 Å². The average Bonchev–Trinajstić information content (AvgIpc) is 4.03. The second kappa shape index (κ2) is 12.1. The van der Waals surface area contributed by atoms with Gasteiger partial charge >= 0.3 is 0 Å². The monoisotopic (exact) mass is 710 g/mol. The van der Waals surface area contributed by atoms with Crippen molar-refractivity contribution in [3.05, 3.63) is 185 Å². The Balaban J connectivity index is 0.984. The molecule has 3 heterocycles. The lowest BCUT2D eigenvalue weighted by Gasteiger charge is -2.25. The summed E-state index contributed by atoms with van der Waals surface area (Å²) in [5, 5.41) is 2.70. The van der Waals surface area contributed by atoms with Crippen molar-refractivity contribution in [3.63, 3.8) is 0 Å². The van der Waals surface area contributed by atoms with Crippen LogP contribution >= 0.6 is 11.3 Å². The predicted octanol–water partition coefficient (Wildman–Crippen LogP) is 13.4.